The third-order valence-corrected chi connectivity index (χ3v) is 8.44. The molecule has 2 aromatic carbocycles. The second-order valence-electron chi connectivity index (χ2n) is 6.76. The Bertz CT molecular complexity index is 1430. The molecule has 14 heteroatoms. The molecule has 4 rings (SSSR count). The van der Waals surface area contributed by atoms with Gasteiger partial charge in [0.05, 0.1) is 51.3 Å². The quantitative estimate of drug-likeness (QED) is 0.228. The molecule has 0 radical (unpaired) electrons. The lowest BCUT2D eigenvalue weighted by molar-refractivity contribution is -0.124. The lowest BCUT2D eigenvalue weighted by Crippen LogP contribution is -2.23. The molecule has 0 atom stereocenters. The number of hydrogen-bond acceptors (Lipinski definition) is 4. The third-order valence-electron chi connectivity index (χ3n) is 4.84. The summed E-state index contributed by atoms with van der Waals surface area (Å²) >= 11 is 50.8. The van der Waals surface area contributed by atoms with E-state index in [1.165, 1.54) is 0 Å². The van der Waals surface area contributed by atoms with Gasteiger partial charge in [0, 0.05) is 34.4 Å². The van der Waals surface area contributed by atoms with Gasteiger partial charge in [-0.1, -0.05) is 92.8 Å². The summed E-state index contributed by atoms with van der Waals surface area (Å²) in [6.45, 7) is 0. The van der Waals surface area contributed by atoms with Crippen LogP contribution >= 0.6 is 92.8 Å². The SMILES string of the molecule is O=C1C=C(c2c(Cl)c(Cl)c(Cl)c(-c3c(Cl)c(Cl)c(Cl)c(Cl)c3Cl)c2C2=CC(=O)NC2=O)C(=O)N1. The molecule has 6 nitrogen and oxygen atoms in total. The lowest BCUT2D eigenvalue weighted by atomic mass is 9.86. The molecular weight excluding hydrogens is 616 g/mol. The van der Waals surface area contributed by atoms with E-state index in [9.17, 15) is 19.2 Å². The van der Waals surface area contributed by atoms with Gasteiger partial charge in [-0.2, -0.15) is 0 Å². The summed E-state index contributed by atoms with van der Waals surface area (Å²) in [5.41, 5.74) is -1.11. The predicted octanol–water partition coefficient (Wildman–Crippen LogP) is 6.66. The van der Waals surface area contributed by atoms with E-state index < -0.39 is 23.6 Å². The third kappa shape index (κ3) is 3.91. The second-order valence-corrected chi connectivity index (χ2v) is 9.79. The number of imide groups is 2. The van der Waals surface area contributed by atoms with Gasteiger partial charge in [-0.15, -0.1) is 0 Å². The van der Waals surface area contributed by atoms with Crippen molar-refractivity contribution in [2.75, 3.05) is 0 Å². The van der Waals surface area contributed by atoms with E-state index in [0.29, 0.717) is 0 Å². The van der Waals surface area contributed by atoms with Gasteiger partial charge in [-0.25, -0.2) is 0 Å². The molecule has 0 saturated carbocycles. The van der Waals surface area contributed by atoms with Crippen molar-refractivity contribution in [3.05, 3.63) is 63.5 Å². The number of halogens is 8. The first kappa shape index (κ1) is 25.6. The predicted molar refractivity (Wildman–Crippen MR) is 134 cm³/mol. The van der Waals surface area contributed by atoms with E-state index in [1.807, 2.05) is 0 Å². The molecular formula is C20H4Cl8N2O4. The van der Waals surface area contributed by atoms with Crippen LogP contribution in [0.15, 0.2) is 12.2 Å². The highest BCUT2D eigenvalue weighted by Gasteiger charge is 2.37. The molecule has 2 N–H and O–H groups in total. The first-order valence-corrected chi connectivity index (χ1v) is 11.8. The zero-order valence-electron chi connectivity index (χ0n) is 15.8. The Balaban J connectivity index is 2.28. The lowest BCUT2D eigenvalue weighted by Gasteiger charge is -2.22. The average molecular weight is 620 g/mol. The molecule has 0 aliphatic carbocycles. The van der Waals surface area contributed by atoms with Gasteiger partial charge in [0.15, 0.2) is 0 Å². The summed E-state index contributed by atoms with van der Waals surface area (Å²) in [7, 11) is 0. The van der Waals surface area contributed by atoms with Crippen molar-refractivity contribution in [2.24, 2.45) is 0 Å². The molecule has 2 aliphatic heterocycles. The molecule has 0 bridgehead atoms. The fourth-order valence-electron chi connectivity index (χ4n) is 3.44. The van der Waals surface area contributed by atoms with Gasteiger partial charge in [0.2, 0.25) is 0 Å². The van der Waals surface area contributed by atoms with Crippen LogP contribution in [0.1, 0.15) is 11.1 Å². The van der Waals surface area contributed by atoms with Gasteiger partial charge >= 0.3 is 0 Å². The van der Waals surface area contributed by atoms with Gasteiger partial charge < -0.3 is 0 Å². The van der Waals surface area contributed by atoms with Gasteiger partial charge in [0.1, 0.15) is 0 Å². The molecule has 2 aliphatic rings. The Morgan fingerprint density at radius 2 is 0.735 bits per heavy atom. The molecule has 0 saturated heterocycles. The standard InChI is InChI=1S/C20H4Cl8N2O4/c21-11-8(4-2-6(32)30-20(4)34)7(3-1-5(31)29-19(3)33)9(12(22)15(11)25)10-13(23)16(26)18(28)17(27)14(10)24/h1-2H,(H,29,31,33)(H,30,32,34). The van der Waals surface area contributed by atoms with Crippen LogP contribution in [-0.2, 0) is 19.2 Å². The highest BCUT2D eigenvalue weighted by molar-refractivity contribution is 6.58. The summed E-state index contributed by atoms with van der Waals surface area (Å²) in [4.78, 5) is 49.1. The maximum atomic E-state index is 12.7. The van der Waals surface area contributed by atoms with Gasteiger partial charge in [-0.05, 0) is 0 Å². The van der Waals surface area contributed by atoms with Crippen molar-refractivity contribution in [1.82, 2.24) is 10.6 Å². The van der Waals surface area contributed by atoms with Crippen LogP contribution in [0.5, 0.6) is 0 Å². The Kier molecular flexibility index (Phi) is 6.92. The fourth-order valence-corrected chi connectivity index (χ4v) is 5.58. The molecule has 0 unspecified atom stereocenters. The van der Waals surface area contributed by atoms with E-state index in [0.717, 1.165) is 12.2 Å². The van der Waals surface area contributed by atoms with E-state index in [4.69, 9.17) is 92.8 Å². The number of hydrogen-bond donors (Lipinski definition) is 2. The van der Waals surface area contributed by atoms with Crippen molar-refractivity contribution in [1.29, 1.82) is 0 Å². The van der Waals surface area contributed by atoms with Crippen molar-refractivity contribution >= 4 is 128 Å². The maximum Gasteiger partial charge on any atom is 0.258 e. The Morgan fingerprint density at radius 3 is 1.15 bits per heavy atom. The minimum absolute atomic E-state index is 0.110. The molecule has 0 aromatic heterocycles. The Labute approximate surface area is 230 Å². The highest BCUT2D eigenvalue weighted by Crippen LogP contribution is 2.55. The normalized spacial score (nSPS) is 15.5. The van der Waals surface area contributed by atoms with E-state index in [2.05, 4.69) is 10.6 Å². The van der Waals surface area contributed by atoms with Crippen LogP contribution in [0.3, 0.4) is 0 Å². The summed E-state index contributed by atoms with van der Waals surface area (Å²) in [5, 5.41) is 2.33. The smallest absolute Gasteiger partial charge is 0.258 e. The number of carbonyl (C=O) groups excluding carboxylic acids is 4. The van der Waals surface area contributed by atoms with Crippen LogP contribution in [0, 0.1) is 0 Å². The molecule has 174 valence electrons. The van der Waals surface area contributed by atoms with Crippen molar-refractivity contribution < 1.29 is 19.2 Å². The molecule has 0 fully saturated rings. The number of amides is 4. The Hall–Kier alpha value is -1.48. The van der Waals surface area contributed by atoms with Gasteiger partial charge in [0.25, 0.3) is 23.6 Å². The largest absolute Gasteiger partial charge is 0.289 e. The molecule has 34 heavy (non-hydrogen) atoms. The molecule has 0 spiro atoms. The topological polar surface area (TPSA) is 92.3 Å². The van der Waals surface area contributed by atoms with Crippen LogP contribution in [0.2, 0.25) is 40.2 Å². The van der Waals surface area contributed by atoms with Crippen LogP contribution in [-0.4, -0.2) is 23.6 Å². The average Bonchev–Trinajstić information content (AvgIpc) is 3.29. The van der Waals surface area contributed by atoms with E-state index >= 15 is 0 Å². The minimum atomic E-state index is -0.856. The van der Waals surface area contributed by atoms with Crippen molar-refractivity contribution in [3.63, 3.8) is 0 Å². The van der Waals surface area contributed by atoms with Crippen molar-refractivity contribution in [2.45, 2.75) is 0 Å². The Morgan fingerprint density at radius 1 is 0.412 bits per heavy atom. The first-order chi connectivity index (χ1) is 15.9. The summed E-state index contributed by atoms with van der Waals surface area (Å²) in [6, 6.07) is 0. The molecule has 4 amide bonds. The highest BCUT2D eigenvalue weighted by atomic mass is 35.5. The van der Waals surface area contributed by atoms with Crippen LogP contribution in [0.4, 0.5) is 0 Å². The maximum absolute atomic E-state index is 12.7. The number of benzene rings is 2. The minimum Gasteiger partial charge on any atom is -0.289 e. The number of carbonyl (C=O) groups is 4. The first-order valence-electron chi connectivity index (χ1n) is 8.73. The fraction of sp³-hybridized carbons (Fsp3) is 0. The van der Waals surface area contributed by atoms with Crippen molar-refractivity contribution in [3.8, 4) is 11.1 Å². The number of rotatable bonds is 3. The van der Waals surface area contributed by atoms with E-state index in [-0.39, 0.29) is 73.6 Å². The second kappa shape index (κ2) is 9.19. The monoisotopic (exact) mass is 616 g/mol. The summed E-state index contributed by atoms with van der Waals surface area (Å²) in [6.07, 6.45) is 1.89. The van der Waals surface area contributed by atoms with Crippen LogP contribution in [0.25, 0.3) is 22.3 Å². The zero-order chi connectivity index (χ0) is 25.2. The molecule has 2 aromatic rings. The summed E-state index contributed by atoms with van der Waals surface area (Å²) in [5.74, 6) is -3.20. The van der Waals surface area contributed by atoms with Crippen LogP contribution < -0.4 is 10.6 Å². The number of nitrogens with one attached hydrogen (secondary N) is 2. The summed E-state index contributed by atoms with van der Waals surface area (Å²) < 4.78 is 0. The van der Waals surface area contributed by atoms with Gasteiger partial charge in [-0.3, -0.25) is 29.8 Å². The zero-order valence-corrected chi connectivity index (χ0v) is 21.9. The molecule has 2 heterocycles. The van der Waals surface area contributed by atoms with E-state index in [1.54, 1.807) is 0 Å².